The Bertz CT molecular complexity index is 2810. The van der Waals surface area contributed by atoms with Crippen molar-refractivity contribution in [2.75, 3.05) is 0 Å². The van der Waals surface area contributed by atoms with Gasteiger partial charge in [0, 0.05) is 10.9 Å². The van der Waals surface area contributed by atoms with Crippen LogP contribution in [0.15, 0.2) is 168 Å². The van der Waals surface area contributed by atoms with Crippen LogP contribution in [0.2, 0.25) is 0 Å². The van der Waals surface area contributed by atoms with Gasteiger partial charge in [-0.2, -0.15) is 0 Å². The zero-order valence-electron chi connectivity index (χ0n) is 25.4. The molecule has 0 atom stereocenters. The number of hydrogen-bond donors (Lipinski definition) is 0. The Balaban J connectivity index is 1.15. The summed E-state index contributed by atoms with van der Waals surface area (Å²) in [6.45, 7) is 0. The maximum Gasteiger partial charge on any atom is 0.227 e. The van der Waals surface area contributed by atoms with Crippen molar-refractivity contribution in [3.63, 3.8) is 0 Å². The molecular weight excluding hydrogens is 571 g/mol. The van der Waals surface area contributed by atoms with Crippen LogP contribution in [0.1, 0.15) is 0 Å². The van der Waals surface area contributed by atoms with E-state index in [-0.39, 0.29) is 0 Å². The van der Waals surface area contributed by atoms with Crippen LogP contribution >= 0.6 is 0 Å². The van der Waals surface area contributed by atoms with Gasteiger partial charge in [-0.3, -0.25) is 0 Å². The lowest BCUT2D eigenvalue weighted by atomic mass is 9.90. The lowest BCUT2D eigenvalue weighted by Crippen LogP contribution is -1.87. The number of hydrogen-bond acceptors (Lipinski definition) is 2. The maximum atomic E-state index is 6.48. The average molecular weight is 598 g/mol. The predicted octanol–water partition coefficient (Wildman–Crippen LogP) is 12.6. The summed E-state index contributed by atoms with van der Waals surface area (Å²) in [6.07, 6.45) is 0. The summed E-state index contributed by atoms with van der Waals surface area (Å²) in [6, 6.07) is 58.7. The standard InChI is InChI=1S/C45H27NO/c1-2-10-29(11-3-1)45-46-42-25-22-28-20-23-38-33(18-9-19-40(38)43(28)44(42)47-45)32-13-8-12-30(26-32)31-21-24-39-36-16-5-4-14-34(36)35-15-6-7-17-37(35)41(39)27-31/h1-27H. The van der Waals surface area contributed by atoms with E-state index in [0.29, 0.717) is 5.89 Å². The SMILES string of the molecule is c1ccc(-c2nc3ccc4ccc5c(-c6cccc(-c7ccc8c9ccccc9c9ccccc9c8c7)c6)cccc5c4c3o2)cc1. The van der Waals surface area contributed by atoms with E-state index in [9.17, 15) is 0 Å². The first-order chi connectivity index (χ1) is 23.3. The Morgan fingerprint density at radius 3 is 1.72 bits per heavy atom. The Hall–Kier alpha value is -6.25. The van der Waals surface area contributed by atoms with Gasteiger partial charge < -0.3 is 4.42 Å². The third kappa shape index (κ3) is 4.02. The fraction of sp³-hybridized carbons (Fsp3) is 0. The third-order valence-corrected chi connectivity index (χ3v) is 9.67. The number of rotatable bonds is 3. The number of aromatic nitrogens is 1. The van der Waals surface area contributed by atoms with Crippen molar-refractivity contribution >= 4 is 65.0 Å². The smallest absolute Gasteiger partial charge is 0.227 e. The predicted molar refractivity (Wildman–Crippen MR) is 198 cm³/mol. The molecule has 0 fully saturated rings. The first-order valence-electron chi connectivity index (χ1n) is 16.0. The van der Waals surface area contributed by atoms with Crippen molar-refractivity contribution in [2.24, 2.45) is 0 Å². The summed E-state index contributed by atoms with van der Waals surface area (Å²) in [4.78, 5) is 4.86. The second kappa shape index (κ2) is 10.1. The van der Waals surface area contributed by atoms with Gasteiger partial charge in [-0.15, -0.1) is 0 Å². The van der Waals surface area contributed by atoms with Crippen LogP contribution in [-0.2, 0) is 0 Å². The zero-order chi connectivity index (χ0) is 30.9. The van der Waals surface area contributed by atoms with Crippen LogP contribution in [-0.4, -0.2) is 4.98 Å². The molecule has 0 aliphatic heterocycles. The Morgan fingerprint density at radius 1 is 0.362 bits per heavy atom. The molecule has 0 aliphatic carbocycles. The molecule has 0 radical (unpaired) electrons. The molecule has 10 rings (SSSR count). The Kier molecular flexibility index (Phi) is 5.61. The number of nitrogens with zero attached hydrogens (tertiary/aromatic N) is 1. The van der Waals surface area contributed by atoms with Gasteiger partial charge in [0.2, 0.25) is 5.89 Å². The van der Waals surface area contributed by atoms with E-state index < -0.39 is 0 Å². The van der Waals surface area contributed by atoms with Gasteiger partial charge in [-0.05, 0) is 101 Å². The molecule has 10 aromatic rings. The van der Waals surface area contributed by atoms with Gasteiger partial charge in [0.1, 0.15) is 5.52 Å². The minimum atomic E-state index is 0.644. The normalized spacial score (nSPS) is 11.8. The van der Waals surface area contributed by atoms with Crippen LogP contribution in [0.3, 0.4) is 0 Å². The molecule has 1 heterocycles. The van der Waals surface area contributed by atoms with Gasteiger partial charge >= 0.3 is 0 Å². The van der Waals surface area contributed by atoms with Gasteiger partial charge in [-0.1, -0.05) is 133 Å². The highest BCUT2D eigenvalue weighted by molar-refractivity contribution is 6.26. The van der Waals surface area contributed by atoms with Crippen molar-refractivity contribution < 1.29 is 4.42 Å². The molecule has 1 aromatic heterocycles. The van der Waals surface area contributed by atoms with Gasteiger partial charge in [-0.25, -0.2) is 4.98 Å². The second-order valence-electron chi connectivity index (χ2n) is 12.3. The first kappa shape index (κ1) is 26.0. The minimum absolute atomic E-state index is 0.644. The quantitative estimate of drug-likeness (QED) is 0.189. The Labute approximate surface area is 271 Å². The molecule has 9 aromatic carbocycles. The van der Waals surface area contributed by atoms with E-state index in [1.54, 1.807) is 0 Å². The van der Waals surface area contributed by atoms with Crippen LogP contribution in [0.5, 0.6) is 0 Å². The molecule has 0 spiro atoms. The summed E-state index contributed by atoms with van der Waals surface area (Å²) in [5.41, 5.74) is 7.46. The molecule has 218 valence electrons. The molecule has 47 heavy (non-hydrogen) atoms. The summed E-state index contributed by atoms with van der Waals surface area (Å²) >= 11 is 0. The second-order valence-corrected chi connectivity index (χ2v) is 12.3. The van der Waals surface area contributed by atoms with E-state index in [4.69, 9.17) is 9.40 Å². The summed E-state index contributed by atoms with van der Waals surface area (Å²) in [5.74, 6) is 0.644. The molecule has 0 amide bonds. The monoisotopic (exact) mass is 597 g/mol. The fourth-order valence-corrected chi connectivity index (χ4v) is 7.47. The number of fused-ring (bicyclic) bond motifs is 11. The van der Waals surface area contributed by atoms with E-state index >= 15 is 0 Å². The van der Waals surface area contributed by atoms with Crippen molar-refractivity contribution in [1.82, 2.24) is 4.98 Å². The molecule has 2 heteroatoms. The van der Waals surface area contributed by atoms with Crippen LogP contribution < -0.4 is 0 Å². The fourth-order valence-electron chi connectivity index (χ4n) is 7.47. The molecule has 0 N–H and O–H groups in total. The average Bonchev–Trinajstić information content (AvgIpc) is 3.60. The summed E-state index contributed by atoms with van der Waals surface area (Å²) in [5, 5.41) is 12.3. The van der Waals surface area contributed by atoms with Crippen molar-refractivity contribution in [3.05, 3.63) is 164 Å². The van der Waals surface area contributed by atoms with E-state index in [1.807, 2.05) is 30.3 Å². The molecule has 0 unspecified atom stereocenters. The number of benzene rings is 9. The van der Waals surface area contributed by atoms with Crippen molar-refractivity contribution in [2.45, 2.75) is 0 Å². The molecule has 0 aliphatic rings. The maximum absolute atomic E-state index is 6.48. The van der Waals surface area contributed by atoms with Crippen LogP contribution in [0.25, 0.3) is 98.7 Å². The van der Waals surface area contributed by atoms with Crippen LogP contribution in [0.4, 0.5) is 0 Å². The van der Waals surface area contributed by atoms with E-state index in [0.717, 1.165) is 32.8 Å². The summed E-state index contributed by atoms with van der Waals surface area (Å²) < 4.78 is 6.48. The van der Waals surface area contributed by atoms with Gasteiger partial charge in [0.05, 0.1) is 0 Å². The lowest BCUT2D eigenvalue weighted by molar-refractivity contribution is 0.623. The van der Waals surface area contributed by atoms with E-state index in [2.05, 4.69) is 133 Å². The van der Waals surface area contributed by atoms with Gasteiger partial charge in [0.15, 0.2) is 5.58 Å². The molecule has 2 nitrogen and oxygen atoms in total. The molecule has 0 saturated carbocycles. The zero-order valence-corrected chi connectivity index (χ0v) is 25.4. The largest absolute Gasteiger partial charge is 0.435 e. The van der Waals surface area contributed by atoms with Crippen molar-refractivity contribution in [1.29, 1.82) is 0 Å². The molecule has 0 bridgehead atoms. The van der Waals surface area contributed by atoms with Gasteiger partial charge in [0.25, 0.3) is 0 Å². The summed E-state index contributed by atoms with van der Waals surface area (Å²) in [7, 11) is 0. The first-order valence-corrected chi connectivity index (χ1v) is 16.0. The minimum Gasteiger partial charge on any atom is -0.435 e. The highest BCUT2D eigenvalue weighted by Gasteiger charge is 2.16. The van der Waals surface area contributed by atoms with E-state index in [1.165, 1.54) is 60.0 Å². The topological polar surface area (TPSA) is 26.0 Å². The lowest BCUT2D eigenvalue weighted by Gasteiger charge is -2.13. The van der Waals surface area contributed by atoms with Crippen LogP contribution in [0, 0.1) is 0 Å². The molecule has 0 saturated heterocycles. The highest BCUT2D eigenvalue weighted by atomic mass is 16.3. The molecular formula is C45H27NO. The van der Waals surface area contributed by atoms with Crippen molar-refractivity contribution in [3.8, 4) is 33.7 Å². The Morgan fingerprint density at radius 2 is 0.936 bits per heavy atom. The highest BCUT2D eigenvalue weighted by Crippen LogP contribution is 2.40. The number of oxazole rings is 1. The third-order valence-electron chi connectivity index (χ3n) is 9.67.